The van der Waals surface area contributed by atoms with E-state index in [1.165, 1.54) is 10.4 Å². The Morgan fingerprint density at radius 1 is 1.32 bits per heavy atom. The molecule has 1 aromatic carbocycles. The minimum absolute atomic E-state index is 0.105. The lowest BCUT2D eigenvalue weighted by Crippen LogP contribution is -2.47. The highest BCUT2D eigenvalue weighted by molar-refractivity contribution is 7.89. The minimum atomic E-state index is -3.88. The first-order valence-electron chi connectivity index (χ1n) is 9.63. The van der Waals surface area contributed by atoms with Crippen LogP contribution >= 0.6 is 0 Å². The number of anilines is 1. The molecule has 0 radical (unpaired) electrons. The van der Waals surface area contributed by atoms with Gasteiger partial charge in [-0.15, -0.1) is 0 Å². The van der Waals surface area contributed by atoms with Gasteiger partial charge in [0, 0.05) is 25.7 Å². The van der Waals surface area contributed by atoms with Crippen molar-refractivity contribution < 1.29 is 22.7 Å². The first kappa shape index (κ1) is 20.6. The van der Waals surface area contributed by atoms with Gasteiger partial charge < -0.3 is 15.0 Å². The number of rotatable bonds is 5. The molecule has 28 heavy (non-hydrogen) atoms. The van der Waals surface area contributed by atoms with Crippen molar-refractivity contribution in [1.82, 2.24) is 9.21 Å². The molecular weight excluding hydrogens is 382 g/mol. The van der Waals surface area contributed by atoms with E-state index < -0.39 is 22.2 Å². The molecule has 1 aromatic rings. The maximum absolute atomic E-state index is 13.4. The Hall–Kier alpha value is -2.13. The second-order valence-corrected chi connectivity index (χ2v) is 9.01. The van der Waals surface area contributed by atoms with Crippen LogP contribution in [-0.2, 0) is 19.6 Å². The lowest BCUT2D eigenvalue weighted by Gasteiger charge is -2.29. The summed E-state index contributed by atoms with van der Waals surface area (Å²) in [4.78, 5) is 26.4. The zero-order valence-electron chi connectivity index (χ0n) is 16.7. The largest absolute Gasteiger partial charge is 0.479 e. The molecule has 0 aliphatic carbocycles. The number of hydrogen-bond acceptors (Lipinski definition) is 5. The number of aryl methyl sites for hydroxylation is 1. The summed E-state index contributed by atoms with van der Waals surface area (Å²) in [5, 5.41) is 2.72. The van der Waals surface area contributed by atoms with E-state index in [1.807, 2.05) is 13.8 Å². The fourth-order valence-corrected chi connectivity index (χ4v) is 5.64. The molecule has 154 valence electrons. The van der Waals surface area contributed by atoms with Crippen molar-refractivity contribution in [3.05, 3.63) is 17.7 Å². The quantitative estimate of drug-likeness (QED) is 0.799. The van der Waals surface area contributed by atoms with Gasteiger partial charge in [0.25, 0.3) is 5.91 Å². The molecule has 1 fully saturated rings. The maximum atomic E-state index is 13.4. The zero-order chi connectivity index (χ0) is 20.6. The molecule has 2 aliphatic heterocycles. The molecular formula is C19H27N3O5S. The summed E-state index contributed by atoms with van der Waals surface area (Å²) in [7, 11) is -3.88. The van der Waals surface area contributed by atoms with E-state index >= 15 is 0 Å². The van der Waals surface area contributed by atoms with E-state index in [2.05, 4.69) is 5.32 Å². The van der Waals surface area contributed by atoms with Gasteiger partial charge in [0.2, 0.25) is 15.9 Å². The number of carbonyl (C=O) groups is 2. The Bertz CT molecular complexity index is 895. The molecule has 1 N–H and O–H groups in total. The number of benzene rings is 1. The summed E-state index contributed by atoms with van der Waals surface area (Å²) in [5.41, 5.74) is 0.954. The van der Waals surface area contributed by atoms with Crippen molar-refractivity contribution in [1.29, 1.82) is 0 Å². The summed E-state index contributed by atoms with van der Waals surface area (Å²) >= 11 is 0. The standard InChI is InChI=1S/C19H27N3O5S/c1-5-21(6-2)19(24)15-8-7-9-22(15)28(25,26)17-11-16-14(10-12(17)3)20-18(23)13(4)27-16/h10-11,13,15H,5-9H2,1-4H3,(H,20,23)/t13-,15-/m1/s1. The third-order valence-electron chi connectivity index (χ3n) is 5.36. The van der Waals surface area contributed by atoms with Crippen molar-refractivity contribution in [2.45, 2.75) is 57.6 Å². The first-order chi connectivity index (χ1) is 13.2. The molecule has 1 saturated heterocycles. The van der Waals surface area contributed by atoms with Gasteiger partial charge in [-0.1, -0.05) is 0 Å². The highest BCUT2D eigenvalue weighted by atomic mass is 32.2. The Kier molecular flexibility index (Phi) is 5.67. The third-order valence-corrected chi connectivity index (χ3v) is 7.41. The van der Waals surface area contributed by atoms with E-state index in [9.17, 15) is 18.0 Å². The average molecular weight is 410 g/mol. The van der Waals surface area contributed by atoms with Gasteiger partial charge in [-0.05, 0) is 52.2 Å². The van der Waals surface area contributed by atoms with Crippen molar-refractivity contribution in [2.75, 3.05) is 25.0 Å². The lowest BCUT2D eigenvalue weighted by molar-refractivity contribution is -0.134. The highest BCUT2D eigenvalue weighted by Gasteiger charge is 2.41. The Morgan fingerprint density at radius 3 is 2.64 bits per heavy atom. The molecule has 2 amide bonds. The second kappa shape index (κ2) is 7.71. The summed E-state index contributed by atoms with van der Waals surface area (Å²) in [6, 6.07) is 2.37. The molecule has 0 bridgehead atoms. The predicted octanol–water partition coefficient (Wildman–Crippen LogP) is 1.74. The fourth-order valence-electron chi connectivity index (χ4n) is 3.77. The monoisotopic (exact) mass is 409 g/mol. The van der Waals surface area contributed by atoms with Crippen molar-refractivity contribution >= 4 is 27.5 Å². The summed E-state index contributed by atoms with van der Waals surface area (Å²) in [6.45, 7) is 8.45. The molecule has 0 unspecified atom stereocenters. The van der Waals surface area contributed by atoms with Crippen LogP contribution in [0.3, 0.4) is 0 Å². The molecule has 0 saturated carbocycles. The van der Waals surface area contributed by atoms with Gasteiger partial charge in [-0.2, -0.15) is 4.31 Å². The van der Waals surface area contributed by atoms with Crippen LogP contribution < -0.4 is 10.1 Å². The number of sulfonamides is 1. The smallest absolute Gasteiger partial charge is 0.265 e. The van der Waals surface area contributed by atoms with Crippen LogP contribution in [0.2, 0.25) is 0 Å². The first-order valence-corrected chi connectivity index (χ1v) is 11.1. The number of carbonyl (C=O) groups excluding carboxylic acids is 2. The van der Waals surface area contributed by atoms with Gasteiger partial charge in [0.15, 0.2) is 6.10 Å². The van der Waals surface area contributed by atoms with E-state index in [0.29, 0.717) is 49.5 Å². The molecule has 2 aliphatic rings. The van der Waals surface area contributed by atoms with Crippen LogP contribution in [0.1, 0.15) is 39.2 Å². The van der Waals surface area contributed by atoms with Crippen LogP contribution in [0.25, 0.3) is 0 Å². The zero-order valence-corrected chi connectivity index (χ0v) is 17.5. The fraction of sp³-hybridized carbons (Fsp3) is 0.579. The van der Waals surface area contributed by atoms with E-state index in [0.717, 1.165) is 0 Å². The van der Waals surface area contributed by atoms with Crippen LogP contribution in [0.15, 0.2) is 17.0 Å². The molecule has 0 aromatic heterocycles. The molecule has 3 rings (SSSR count). The Morgan fingerprint density at radius 2 is 2.00 bits per heavy atom. The predicted molar refractivity (Wildman–Crippen MR) is 105 cm³/mol. The average Bonchev–Trinajstić information content (AvgIpc) is 3.14. The lowest BCUT2D eigenvalue weighted by atomic mass is 10.1. The van der Waals surface area contributed by atoms with Gasteiger partial charge in [0.05, 0.1) is 10.6 Å². The number of nitrogens with one attached hydrogen (secondary N) is 1. The minimum Gasteiger partial charge on any atom is -0.479 e. The Labute approximate surface area is 165 Å². The van der Waals surface area contributed by atoms with Gasteiger partial charge in [-0.25, -0.2) is 8.42 Å². The van der Waals surface area contributed by atoms with Crippen LogP contribution in [0, 0.1) is 6.92 Å². The summed E-state index contributed by atoms with van der Waals surface area (Å²) in [6.07, 6.45) is 0.460. The number of amides is 2. The Balaban J connectivity index is 1.97. The number of fused-ring (bicyclic) bond motifs is 1. The van der Waals surface area contributed by atoms with E-state index in [4.69, 9.17) is 4.74 Å². The number of ether oxygens (including phenoxy) is 1. The van der Waals surface area contributed by atoms with E-state index in [1.54, 1.807) is 24.8 Å². The number of hydrogen-bond donors (Lipinski definition) is 1. The van der Waals surface area contributed by atoms with Gasteiger partial charge in [-0.3, -0.25) is 9.59 Å². The number of likely N-dealkylation sites (N-methyl/N-ethyl adjacent to an activating group) is 1. The normalized spacial score (nSPS) is 22.4. The van der Waals surface area contributed by atoms with Crippen molar-refractivity contribution in [3.8, 4) is 5.75 Å². The van der Waals surface area contributed by atoms with E-state index in [-0.39, 0.29) is 16.7 Å². The summed E-state index contributed by atoms with van der Waals surface area (Å²) < 4.78 is 33.7. The topological polar surface area (TPSA) is 96.0 Å². The molecule has 9 heteroatoms. The SMILES string of the molecule is CCN(CC)C(=O)[C@H]1CCCN1S(=O)(=O)c1cc2c(cc1C)NC(=O)[C@@H](C)O2. The van der Waals surface area contributed by atoms with Crippen molar-refractivity contribution in [3.63, 3.8) is 0 Å². The van der Waals surface area contributed by atoms with Crippen molar-refractivity contribution in [2.24, 2.45) is 0 Å². The summed E-state index contributed by atoms with van der Waals surface area (Å²) in [5.74, 6) is -0.104. The number of nitrogens with zero attached hydrogens (tertiary/aromatic N) is 2. The molecule has 2 atom stereocenters. The maximum Gasteiger partial charge on any atom is 0.265 e. The van der Waals surface area contributed by atoms with Crippen LogP contribution in [0.5, 0.6) is 5.75 Å². The van der Waals surface area contributed by atoms with Gasteiger partial charge >= 0.3 is 0 Å². The third kappa shape index (κ3) is 3.48. The van der Waals surface area contributed by atoms with Crippen LogP contribution in [0.4, 0.5) is 5.69 Å². The molecule has 0 spiro atoms. The van der Waals surface area contributed by atoms with Crippen LogP contribution in [-0.4, -0.2) is 61.2 Å². The molecule has 8 nitrogen and oxygen atoms in total. The second-order valence-electron chi connectivity index (χ2n) is 7.15. The van der Waals surface area contributed by atoms with Gasteiger partial charge in [0.1, 0.15) is 11.8 Å². The molecule has 2 heterocycles. The highest BCUT2D eigenvalue weighted by Crippen LogP contribution is 2.37.